The van der Waals surface area contributed by atoms with Gasteiger partial charge in [-0.1, -0.05) is 30.3 Å². The zero-order valence-electron chi connectivity index (χ0n) is 11.8. The van der Waals surface area contributed by atoms with Gasteiger partial charge in [-0.3, -0.25) is 15.2 Å². The molecular formula is C16H19N3O2. The van der Waals surface area contributed by atoms with E-state index in [0.717, 1.165) is 18.5 Å². The Kier molecular flexibility index (Phi) is 5.87. The second-order valence-electron chi connectivity index (χ2n) is 4.65. The third kappa shape index (κ3) is 4.98. The number of nitrogens with zero attached hydrogens (tertiary/aromatic N) is 1. The Morgan fingerprint density at radius 2 is 2.00 bits per heavy atom. The molecule has 1 heterocycles. The zero-order chi connectivity index (χ0) is 14.9. The van der Waals surface area contributed by atoms with E-state index in [1.165, 1.54) is 11.8 Å². The van der Waals surface area contributed by atoms with E-state index in [2.05, 4.69) is 22.5 Å². The number of carbonyl (C=O) groups is 1. The second kappa shape index (κ2) is 8.14. The van der Waals surface area contributed by atoms with Gasteiger partial charge in [0.2, 0.25) is 0 Å². The van der Waals surface area contributed by atoms with E-state index in [-0.39, 0.29) is 5.91 Å². The molecule has 0 unspecified atom stereocenters. The Morgan fingerprint density at radius 3 is 2.67 bits per heavy atom. The Bertz CT molecular complexity index is 555. The van der Waals surface area contributed by atoms with Gasteiger partial charge in [0.1, 0.15) is 0 Å². The molecular weight excluding hydrogens is 266 g/mol. The van der Waals surface area contributed by atoms with Crippen molar-refractivity contribution in [3.05, 3.63) is 65.5 Å². The highest BCUT2D eigenvalue weighted by molar-refractivity contribution is 5.93. The molecule has 0 saturated heterocycles. The van der Waals surface area contributed by atoms with Gasteiger partial charge in [0.05, 0.1) is 17.9 Å². The number of nitrogen functional groups attached to an aromatic ring is 1. The van der Waals surface area contributed by atoms with Gasteiger partial charge in [0, 0.05) is 12.8 Å². The molecule has 1 amide bonds. The molecule has 2 aromatic rings. The Labute approximate surface area is 124 Å². The SMILES string of the molecule is NNC(=O)c1ccc(COCCCc2ccccc2)nc1. The summed E-state index contributed by atoms with van der Waals surface area (Å²) < 4.78 is 5.58. The van der Waals surface area contributed by atoms with Crippen molar-refractivity contribution in [3.8, 4) is 0 Å². The molecule has 0 fully saturated rings. The van der Waals surface area contributed by atoms with E-state index < -0.39 is 0 Å². The number of benzene rings is 1. The first-order valence-corrected chi connectivity index (χ1v) is 6.87. The summed E-state index contributed by atoms with van der Waals surface area (Å²) in [6, 6.07) is 13.8. The van der Waals surface area contributed by atoms with E-state index in [1.807, 2.05) is 18.2 Å². The highest BCUT2D eigenvalue weighted by Gasteiger charge is 2.03. The zero-order valence-corrected chi connectivity index (χ0v) is 11.8. The minimum atomic E-state index is -0.349. The topological polar surface area (TPSA) is 77.2 Å². The average molecular weight is 285 g/mol. The van der Waals surface area contributed by atoms with Crippen LogP contribution in [0.2, 0.25) is 0 Å². The van der Waals surface area contributed by atoms with Crippen LogP contribution in [0.15, 0.2) is 48.7 Å². The summed E-state index contributed by atoms with van der Waals surface area (Å²) in [5, 5.41) is 0. The number of pyridine rings is 1. The molecule has 0 radical (unpaired) electrons. The molecule has 1 aromatic carbocycles. The molecule has 2 rings (SSSR count). The number of aryl methyl sites for hydroxylation is 1. The van der Waals surface area contributed by atoms with Crippen LogP contribution >= 0.6 is 0 Å². The van der Waals surface area contributed by atoms with E-state index in [9.17, 15) is 4.79 Å². The number of carbonyl (C=O) groups excluding carboxylic acids is 1. The number of rotatable bonds is 7. The van der Waals surface area contributed by atoms with E-state index in [4.69, 9.17) is 10.6 Å². The summed E-state index contributed by atoms with van der Waals surface area (Å²) in [7, 11) is 0. The molecule has 21 heavy (non-hydrogen) atoms. The largest absolute Gasteiger partial charge is 0.375 e. The third-order valence-electron chi connectivity index (χ3n) is 3.06. The first kappa shape index (κ1) is 15.2. The fourth-order valence-electron chi connectivity index (χ4n) is 1.93. The molecule has 5 heteroatoms. The fourth-order valence-corrected chi connectivity index (χ4v) is 1.93. The summed E-state index contributed by atoms with van der Waals surface area (Å²) >= 11 is 0. The van der Waals surface area contributed by atoms with Gasteiger partial charge in [0.25, 0.3) is 5.91 Å². The van der Waals surface area contributed by atoms with Gasteiger partial charge in [-0.2, -0.15) is 0 Å². The Morgan fingerprint density at radius 1 is 1.19 bits per heavy atom. The van der Waals surface area contributed by atoms with Crippen molar-refractivity contribution in [1.82, 2.24) is 10.4 Å². The molecule has 0 spiro atoms. The van der Waals surface area contributed by atoms with Crippen LogP contribution in [0.1, 0.15) is 28.0 Å². The van der Waals surface area contributed by atoms with Crippen molar-refractivity contribution in [2.45, 2.75) is 19.4 Å². The van der Waals surface area contributed by atoms with Crippen LogP contribution in [0.25, 0.3) is 0 Å². The molecule has 0 atom stereocenters. The van der Waals surface area contributed by atoms with Crippen LogP contribution in [-0.2, 0) is 17.8 Å². The average Bonchev–Trinajstić information content (AvgIpc) is 2.55. The number of hydrazine groups is 1. The van der Waals surface area contributed by atoms with Crippen LogP contribution in [0.3, 0.4) is 0 Å². The number of aromatic nitrogens is 1. The van der Waals surface area contributed by atoms with Crippen LogP contribution in [0, 0.1) is 0 Å². The third-order valence-corrected chi connectivity index (χ3v) is 3.06. The summed E-state index contributed by atoms with van der Waals surface area (Å²) in [6.07, 6.45) is 3.46. The van der Waals surface area contributed by atoms with Crippen LogP contribution < -0.4 is 11.3 Å². The first-order chi connectivity index (χ1) is 10.3. The number of nitrogens with one attached hydrogen (secondary N) is 1. The van der Waals surface area contributed by atoms with Crippen LogP contribution in [0.5, 0.6) is 0 Å². The predicted octanol–water partition coefficient (Wildman–Crippen LogP) is 1.83. The van der Waals surface area contributed by atoms with Crippen molar-refractivity contribution >= 4 is 5.91 Å². The summed E-state index contributed by atoms with van der Waals surface area (Å²) in [4.78, 5) is 15.4. The molecule has 1 aromatic heterocycles. The van der Waals surface area contributed by atoms with Gasteiger partial charge >= 0.3 is 0 Å². The molecule has 0 aliphatic rings. The van der Waals surface area contributed by atoms with E-state index >= 15 is 0 Å². The molecule has 3 N–H and O–H groups in total. The van der Waals surface area contributed by atoms with Crippen LogP contribution in [-0.4, -0.2) is 17.5 Å². The molecule has 0 saturated carbocycles. The van der Waals surface area contributed by atoms with Crippen molar-refractivity contribution in [2.24, 2.45) is 5.84 Å². The van der Waals surface area contributed by atoms with E-state index in [0.29, 0.717) is 18.8 Å². The standard InChI is InChI=1S/C16H19N3O2/c17-19-16(20)14-8-9-15(18-11-14)12-21-10-4-7-13-5-2-1-3-6-13/h1-3,5-6,8-9,11H,4,7,10,12,17H2,(H,19,20). The lowest BCUT2D eigenvalue weighted by Crippen LogP contribution is -2.30. The van der Waals surface area contributed by atoms with Gasteiger partial charge in [0.15, 0.2) is 0 Å². The number of nitrogens with two attached hydrogens (primary N) is 1. The highest BCUT2D eigenvalue weighted by Crippen LogP contribution is 2.05. The number of hydrogen-bond donors (Lipinski definition) is 2. The molecule has 110 valence electrons. The van der Waals surface area contributed by atoms with Crippen molar-refractivity contribution in [3.63, 3.8) is 0 Å². The van der Waals surface area contributed by atoms with Gasteiger partial charge in [-0.15, -0.1) is 0 Å². The summed E-state index contributed by atoms with van der Waals surface area (Å²) in [6.45, 7) is 1.13. The lowest BCUT2D eigenvalue weighted by atomic mass is 10.1. The normalized spacial score (nSPS) is 10.3. The van der Waals surface area contributed by atoms with Gasteiger partial charge in [-0.05, 0) is 30.5 Å². The number of amides is 1. The lowest BCUT2D eigenvalue weighted by Gasteiger charge is -2.05. The van der Waals surface area contributed by atoms with Crippen molar-refractivity contribution in [1.29, 1.82) is 0 Å². The highest BCUT2D eigenvalue weighted by atomic mass is 16.5. The summed E-state index contributed by atoms with van der Waals surface area (Å²) in [5.41, 5.74) is 4.61. The Hall–Kier alpha value is -2.24. The fraction of sp³-hybridized carbons (Fsp3) is 0.250. The van der Waals surface area contributed by atoms with Gasteiger partial charge < -0.3 is 4.74 Å². The maximum Gasteiger partial charge on any atom is 0.266 e. The number of ether oxygens (including phenoxy) is 1. The quantitative estimate of drug-likeness (QED) is 0.352. The van der Waals surface area contributed by atoms with Gasteiger partial charge in [-0.25, -0.2) is 5.84 Å². The van der Waals surface area contributed by atoms with Crippen LogP contribution in [0.4, 0.5) is 0 Å². The molecule has 0 aliphatic heterocycles. The second-order valence-corrected chi connectivity index (χ2v) is 4.65. The smallest absolute Gasteiger partial charge is 0.266 e. The monoisotopic (exact) mass is 285 g/mol. The maximum atomic E-state index is 11.3. The molecule has 0 bridgehead atoms. The molecule has 0 aliphatic carbocycles. The Balaban J connectivity index is 1.68. The molecule has 5 nitrogen and oxygen atoms in total. The van der Waals surface area contributed by atoms with Crippen molar-refractivity contribution < 1.29 is 9.53 Å². The van der Waals surface area contributed by atoms with E-state index in [1.54, 1.807) is 12.1 Å². The van der Waals surface area contributed by atoms with Crippen molar-refractivity contribution in [2.75, 3.05) is 6.61 Å². The maximum absolute atomic E-state index is 11.3. The number of hydrogen-bond acceptors (Lipinski definition) is 4. The first-order valence-electron chi connectivity index (χ1n) is 6.87. The lowest BCUT2D eigenvalue weighted by molar-refractivity contribution is 0.0952. The minimum absolute atomic E-state index is 0.349. The predicted molar refractivity (Wildman–Crippen MR) is 80.3 cm³/mol. The minimum Gasteiger partial charge on any atom is -0.375 e. The summed E-state index contributed by atoms with van der Waals surface area (Å²) in [5.74, 6) is 4.70.